The number of hydrogen-bond donors (Lipinski definition) is 2. The first-order valence-electron chi connectivity index (χ1n) is 8.69. The Hall–Kier alpha value is -2.65. The second-order valence-electron chi connectivity index (χ2n) is 6.60. The van der Waals surface area contributed by atoms with Gasteiger partial charge in [-0.05, 0) is 11.4 Å². The van der Waals surface area contributed by atoms with Crippen LogP contribution in [0.15, 0.2) is 53.8 Å². The maximum absolute atomic E-state index is 12.4. The van der Waals surface area contributed by atoms with E-state index in [1.54, 1.807) is 41.2 Å². The molecule has 0 spiro atoms. The van der Waals surface area contributed by atoms with Gasteiger partial charge in [-0.1, -0.05) is 6.07 Å². The number of carboxylic acid groups (broad SMARTS) is 1. The maximum Gasteiger partial charge on any atom is 0.336 e. The van der Waals surface area contributed by atoms with Gasteiger partial charge >= 0.3 is 5.97 Å². The number of carboxylic acids is 1. The van der Waals surface area contributed by atoms with Crippen LogP contribution < -0.4 is 9.88 Å². The third kappa shape index (κ3) is 3.81. The first-order chi connectivity index (χ1) is 13.5. The topological polar surface area (TPSA) is 90.6 Å². The van der Waals surface area contributed by atoms with E-state index in [-0.39, 0.29) is 22.8 Å². The summed E-state index contributed by atoms with van der Waals surface area (Å²) < 4.78 is 1.88. The Morgan fingerprint density at radius 1 is 1.29 bits per heavy atom. The summed E-state index contributed by atoms with van der Waals surface area (Å²) in [7, 11) is 0. The molecule has 2 aliphatic heterocycles. The van der Waals surface area contributed by atoms with Gasteiger partial charge in [0.25, 0.3) is 5.91 Å². The first-order valence-corrected chi connectivity index (χ1v) is 10.6. The van der Waals surface area contributed by atoms with Crippen LogP contribution in [0.2, 0.25) is 0 Å². The highest BCUT2D eigenvalue weighted by Gasteiger charge is 2.49. The van der Waals surface area contributed by atoms with Crippen LogP contribution >= 0.6 is 23.1 Å². The number of nitrogens with zero attached hydrogens (tertiary/aromatic N) is 2. The van der Waals surface area contributed by atoms with Gasteiger partial charge in [0.1, 0.15) is 11.4 Å². The number of thiophene rings is 1. The highest BCUT2D eigenvalue weighted by Crippen LogP contribution is 2.36. The fourth-order valence-corrected chi connectivity index (χ4v) is 5.14. The SMILES string of the molecule is O=C(Cc1cccs1)N[C@@H]1C(=O)N2C=C(C[n+]3ccc(C(=O)O)cc3)CS[C@@H]12. The molecule has 0 saturated carbocycles. The van der Waals surface area contributed by atoms with Crippen molar-refractivity contribution in [3.63, 3.8) is 0 Å². The third-order valence-electron chi connectivity index (χ3n) is 4.60. The molecule has 1 saturated heterocycles. The average molecular weight is 417 g/mol. The van der Waals surface area contributed by atoms with E-state index in [1.807, 2.05) is 28.3 Å². The number of rotatable bonds is 6. The number of pyridine rings is 1. The molecule has 28 heavy (non-hydrogen) atoms. The third-order valence-corrected chi connectivity index (χ3v) is 6.85. The summed E-state index contributed by atoms with van der Waals surface area (Å²) in [6, 6.07) is 6.44. The summed E-state index contributed by atoms with van der Waals surface area (Å²) in [5, 5.41) is 13.7. The highest BCUT2D eigenvalue weighted by molar-refractivity contribution is 8.00. The van der Waals surface area contributed by atoms with Crippen LogP contribution in [0, 0.1) is 0 Å². The molecule has 9 heteroatoms. The number of carbonyl (C=O) groups excluding carboxylic acids is 2. The van der Waals surface area contributed by atoms with Crippen molar-refractivity contribution in [2.24, 2.45) is 0 Å². The van der Waals surface area contributed by atoms with Gasteiger partial charge in [0.2, 0.25) is 5.91 Å². The Kier molecular flexibility index (Phi) is 5.19. The molecule has 2 amide bonds. The van der Waals surface area contributed by atoms with Crippen molar-refractivity contribution in [2.75, 3.05) is 5.75 Å². The van der Waals surface area contributed by atoms with Crippen molar-refractivity contribution in [2.45, 2.75) is 24.4 Å². The molecule has 7 nitrogen and oxygen atoms in total. The fraction of sp³-hybridized carbons (Fsp3) is 0.263. The predicted octanol–water partition coefficient (Wildman–Crippen LogP) is 1.26. The van der Waals surface area contributed by atoms with Gasteiger partial charge in [0, 0.05) is 34.5 Å². The van der Waals surface area contributed by atoms with Gasteiger partial charge in [0.15, 0.2) is 18.9 Å². The molecule has 0 radical (unpaired) electrons. The molecule has 2 N–H and O–H groups in total. The molecule has 0 bridgehead atoms. The highest BCUT2D eigenvalue weighted by atomic mass is 32.2. The van der Waals surface area contributed by atoms with E-state index >= 15 is 0 Å². The summed E-state index contributed by atoms with van der Waals surface area (Å²) in [4.78, 5) is 38.2. The number of carbonyl (C=O) groups is 3. The minimum Gasteiger partial charge on any atom is -0.478 e. The van der Waals surface area contributed by atoms with Gasteiger partial charge in [-0.15, -0.1) is 23.1 Å². The number of thioether (sulfide) groups is 1. The van der Waals surface area contributed by atoms with Crippen LogP contribution in [-0.4, -0.2) is 45.0 Å². The Labute approximate surface area is 169 Å². The van der Waals surface area contributed by atoms with E-state index in [4.69, 9.17) is 5.11 Å². The zero-order valence-electron chi connectivity index (χ0n) is 14.8. The molecule has 144 valence electrons. The first kappa shape index (κ1) is 18.7. The Morgan fingerprint density at radius 3 is 2.75 bits per heavy atom. The molecule has 2 aromatic rings. The van der Waals surface area contributed by atoms with Crippen molar-refractivity contribution in [1.82, 2.24) is 10.2 Å². The number of fused-ring (bicyclic) bond motifs is 1. The van der Waals surface area contributed by atoms with E-state index in [0.29, 0.717) is 13.0 Å². The molecule has 4 rings (SSSR count). The lowest BCUT2D eigenvalue weighted by molar-refractivity contribution is -0.689. The summed E-state index contributed by atoms with van der Waals surface area (Å²) in [5.41, 5.74) is 1.30. The van der Waals surface area contributed by atoms with Crippen molar-refractivity contribution < 1.29 is 24.1 Å². The molecule has 2 aliphatic rings. The van der Waals surface area contributed by atoms with Crippen molar-refractivity contribution in [3.8, 4) is 0 Å². The summed E-state index contributed by atoms with van der Waals surface area (Å²) in [6.45, 7) is 0.582. The molecular formula is C19H18N3O4S2+. The van der Waals surface area contributed by atoms with Gasteiger partial charge in [-0.3, -0.25) is 9.59 Å². The monoisotopic (exact) mass is 416 g/mol. The summed E-state index contributed by atoms with van der Waals surface area (Å²) in [6.07, 6.45) is 5.57. The van der Waals surface area contributed by atoms with E-state index in [0.717, 1.165) is 16.2 Å². The molecule has 0 unspecified atom stereocenters. The normalized spacial score (nSPS) is 20.8. The smallest absolute Gasteiger partial charge is 0.336 e. The van der Waals surface area contributed by atoms with E-state index in [1.165, 1.54) is 11.3 Å². The number of hydrogen-bond acceptors (Lipinski definition) is 5. The van der Waals surface area contributed by atoms with Crippen LogP contribution in [-0.2, 0) is 22.6 Å². The van der Waals surface area contributed by atoms with Crippen molar-refractivity contribution >= 4 is 40.9 Å². The Morgan fingerprint density at radius 2 is 2.07 bits per heavy atom. The molecule has 1 fully saturated rings. The Balaban J connectivity index is 1.35. The summed E-state index contributed by atoms with van der Waals surface area (Å²) in [5.74, 6) is -0.439. The fourth-order valence-electron chi connectivity index (χ4n) is 3.18. The van der Waals surface area contributed by atoms with Crippen molar-refractivity contribution in [1.29, 1.82) is 0 Å². The Bertz CT molecular complexity index is 941. The van der Waals surface area contributed by atoms with E-state index in [9.17, 15) is 14.4 Å². The zero-order chi connectivity index (χ0) is 19.7. The van der Waals surface area contributed by atoms with Crippen LogP contribution in [0.25, 0.3) is 0 Å². The molecule has 4 heterocycles. The predicted molar refractivity (Wildman–Crippen MR) is 105 cm³/mol. The van der Waals surface area contributed by atoms with E-state index in [2.05, 4.69) is 5.32 Å². The molecule has 0 aliphatic carbocycles. The van der Waals surface area contributed by atoms with Gasteiger partial charge in [0.05, 0.1) is 12.0 Å². The van der Waals surface area contributed by atoms with Crippen LogP contribution in [0.3, 0.4) is 0 Å². The standard InChI is InChI=1S/C19H17N3O4S2/c23-15(8-14-2-1-7-27-14)20-16-17(24)22-10-12(11-28-18(16)22)9-21-5-3-13(4-6-21)19(25)26/h1-7,10,16,18H,8-9,11H2,(H-,20,23,25,26)/p+1/t16-,18+/m1/s1. The lowest BCUT2D eigenvalue weighted by Gasteiger charge is -2.47. The zero-order valence-corrected chi connectivity index (χ0v) is 16.4. The number of nitrogens with one attached hydrogen (secondary N) is 1. The lowest BCUT2D eigenvalue weighted by Crippen LogP contribution is -2.68. The quantitative estimate of drug-likeness (QED) is 0.547. The number of β-lactam (4-membered cyclic amide) rings is 1. The van der Waals surface area contributed by atoms with Gasteiger partial charge in [-0.2, -0.15) is 0 Å². The lowest BCUT2D eigenvalue weighted by atomic mass is 10.1. The van der Waals surface area contributed by atoms with Gasteiger partial charge in [-0.25, -0.2) is 9.36 Å². The van der Waals surface area contributed by atoms with Crippen molar-refractivity contribution in [3.05, 3.63) is 64.3 Å². The second-order valence-corrected chi connectivity index (χ2v) is 8.74. The number of amides is 2. The molecule has 0 aromatic carbocycles. The largest absolute Gasteiger partial charge is 0.478 e. The van der Waals surface area contributed by atoms with Crippen LogP contribution in [0.1, 0.15) is 15.2 Å². The van der Waals surface area contributed by atoms with Crippen LogP contribution in [0.5, 0.6) is 0 Å². The number of aromatic nitrogens is 1. The number of aromatic carboxylic acids is 1. The molecular weight excluding hydrogens is 398 g/mol. The molecule has 2 aromatic heterocycles. The van der Waals surface area contributed by atoms with E-state index < -0.39 is 12.0 Å². The minimum absolute atomic E-state index is 0.0667. The molecule has 2 atom stereocenters. The van der Waals surface area contributed by atoms with Gasteiger partial charge < -0.3 is 15.3 Å². The second kappa shape index (κ2) is 7.76. The minimum atomic E-state index is -0.958. The summed E-state index contributed by atoms with van der Waals surface area (Å²) >= 11 is 3.15. The van der Waals surface area contributed by atoms with Crippen LogP contribution in [0.4, 0.5) is 0 Å². The maximum atomic E-state index is 12.4. The average Bonchev–Trinajstić information content (AvgIpc) is 3.19.